The summed E-state index contributed by atoms with van der Waals surface area (Å²) in [5.41, 5.74) is 0.304. The second-order valence-corrected chi connectivity index (χ2v) is 5.89. The predicted molar refractivity (Wildman–Crippen MR) is 70.4 cm³/mol. The van der Waals surface area contributed by atoms with Crippen molar-refractivity contribution < 1.29 is 8.42 Å². The van der Waals surface area contributed by atoms with Gasteiger partial charge in [-0.2, -0.15) is 14.8 Å². The van der Waals surface area contributed by atoms with Crippen LogP contribution in [-0.4, -0.2) is 25.8 Å². The molecular formula is C13H15N3O2S. The second kappa shape index (κ2) is 6.89. The fraction of sp³-hybridized carbons (Fsp3) is 0.385. The smallest absolute Gasteiger partial charge is 0.207 e. The number of benzene rings is 1. The van der Waals surface area contributed by atoms with E-state index in [4.69, 9.17) is 10.5 Å². The third kappa shape index (κ3) is 3.78. The molecule has 0 aliphatic heterocycles. The zero-order chi connectivity index (χ0) is 14.3. The molecule has 1 aromatic rings. The molecule has 0 saturated carbocycles. The first-order chi connectivity index (χ1) is 9.06. The van der Waals surface area contributed by atoms with E-state index in [1.54, 1.807) is 12.1 Å². The van der Waals surface area contributed by atoms with Crippen LogP contribution < -0.4 is 0 Å². The fourth-order valence-corrected chi connectivity index (χ4v) is 3.23. The molecule has 0 aliphatic carbocycles. The summed E-state index contributed by atoms with van der Waals surface area (Å²) in [4.78, 5) is 0.0953. The molecule has 0 atom stereocenters. The van der Waals surface area contributed by atoms with E-state index in [0.717, 1.165) is 0 Å². The van der Waals surface area contributed by atoms with Crippen LogP contribution >= 0.6 is 0 Å². The lowest BCUT2D eigenvalue weighted by Gasteiger charge is -2.20. The number of nitrogens with zero attached hydrogens (tertiary/aromatic N) is 3. The van der Waals surface area contributed by atoms with Gasteiger partial charge in [0.1, 0.15) is 0 Å². The number of nitriles is 2. The van der Waals surface area contributed by atoms with Crippen molar-refractivity contribution in [3.05, 3.63) is 29.8 Å². The maximum absolute atomic E-state index is 12.4. The standard InChI is InChI=1S/C13H15N3O2S/c1-2-8-16(9-4-7-14)19(17,18)13-6-3-5-12(10-13)11-15/h3,5-6,10H,2,4,8-9H2,1H3. The molecule has 19 heavy (non-hydrogen) atoms. The molecular weight excluding hydrogens is 262 g/mol. The van der Waals surface area contributed by atoms with Gasteiger partial charge in [-0.15, -0.1) is 0 Å². The van der Waals surface area contributed by atoms with E-state index in [9.17, 15) is 8.42 Å². The molecule has 6 heteroatoms. The molecule has 0 aliphatic rings. The molecule has 0 saturated heterocycles. The third-order valence-corrected chi connectivity index (χ3v) is 4.44. The van der Waals surface area contributed by atoms with Gasteiger partial charge in [-0.05, 0) is 24.6 Å². The van der Waals surface area contributed by atoms with E-state index in [0.29, 0.717) is 18.5 Å². The van der Waals surface area contributed by atoms with Crippen LogP contribution in [0.5, 0.6) is 0 Å². The second-order valence-electron chi connectivity index (χ2n) is 3.95. The fourth-order valence-electron chi connectivity index (χ4n) is 1.65. The molecule has 5 nitrogen and oxygen atoms in total. The Morgan fingerprint density at radius 2 is 2.00 bits per heavy atom. The Bertz CT molecular complexity index is 612. The summed E-state index contributed by atoms with van der Waals surface area (Å²) >= 11 is 0. The van der Waals surface area contributed by atoms with Crippen molar-refractivity contribution in [3.63, 3.8) is 0 Å². The Hall–Kier alpha value is -1.89. The van der Waals surface area contributed by atoms with Crippen LogP contribution in [0.2, 0.25) is 0 Å². The van der Waals surface area contributed by atoms with Crippen LogP contribution in [-0.2, 0) is 10.0 Å². The van der Waals surface area contributed by atoms with Crippen LogP contribution in [0.1, 0.15) is 25.3 Å². The quantitative estimate of drug-likeness (QED) is 0.794. The molecule has 100 valence electrons. The van der Waals surface area contributed by atoms with Gasteiger partial charge in [0.25, 0.3) is 0 Å². The summed E-state index contributed by atoms with van der Waals surface area (Å²) in [6, 6.07) is 9.77. The summed E-state index contributed by atoms with van der Waals surface area (Å²) in [6.07, 6.45) is 0.819. The lowest BCUT2D eigenvalue weighted by molar-refractivity contribution is 0.417. The van der Waals surface area contributed by atoms with Crippen molar-refractivity contribution in [2.75, 3.05) is 13.1 Å². The largest absolute Gasteiger partial charge is 0.243 e. The summed E-state index contributed by atoms with van der Waals surface area (Å²) in [5, 5.41) is 17.4. The van der Waals surface area contributed by atoms with Crippen molar-refractivity contribution in [2.45, 2.75) is 24.7 Å². The van der Waals surface area contributed by atoms with E-state index in [1.807, 2.05) is 19.1 Å². The lowest BCUT2D eigenvalue weighted by atomic mass is 10.2. The molecule has 0 amide bonds. The summed E-state index contributed by atoms with van der Waals surface area (Å²) in [7, 11) is -3.64. The van der Waals surface area contributed by atoms with Gasteiger partial charge in [-0.25, -0.2) is 8.42 Å². The van der Waals surface area contributed by atoms with Gasteiger partial charge in [0.15, 0.2) is 0 Å². The zero-order valence-corrected chi connectivity index (χ0v) is 11.5. The molecule has 1 rings (SSSR count). The molecule has 0 bridgehead atoms. The Kier molecular flexibility index (Phi) is 5.50. The van der Waals surface area contributed by atoms with Gasteiger partial charge < -0.3 is 0 Å². The summed E-state index contributed by atoms with van der Waals surface area (Å²) in [5.74, 6) is 0. The first-order valence-electron chi connectivity index (χ1n) is 5.93. The highest BCUT2D eigenvalue weighted by atomic mass is 32.2. The van der Waals surface area contributed by atoms with Crippen LogP contribution in [0.25, 0.3) is 0 Å². The van der Waals surface area contributed by atoms with Crippen LogP contribution in [0.4, 0.5) is 0 Å². The van der Waals surface area contributed by atoms with Crippen molar-refractivity contribution in [1.29, 1.82) is 10.5 Å². The number of hydrogen-bond donors (Lipinski definition) is 0. The molecule has 0 radical (unpaired) electrons. The van der Waals surface area contributed by atoms with Gasteiger partial charge in [0.2, 0.25) is 10.0 Å². The first kappa shape index (κ1) is 15.2. The highest BCUT2D eigenvalue weighted by Crippen LogP contribution is 2.17. The Balaban J connectivity index is 3.12. The van der Waals surface area contributed by atoms with Gasteiger partial charge in [-0.1, -0.05) is 13.0 Å². The average Bonchev–Trinajstić information content (AvgIpc) is 2.43. The highest BCUT2D eigenvalue weighted by molar-refractivity contribution is 7.89. The lowest BCUT2D eigenvalue weighted by Crippen LogP contribution is -2.32. The molecule has 0 heterocycles. The van der Waals surface area contributed by atoms with Gasteiger partial charge in [0.05, 0.1) is 22.6 Å². The molecule has 0 N–H and O–H groups in total. The van der Waals surface area contributed by atoms with Crippen LogP contribution in [0.15, 0.2) is 29.2 Å². The topological polar surface area (TPSA) is 85.0 Å². The van der Waals surface area contributed by atoms with Crippen molar-refractivity contribution in [3.8, 4) is 12.1 Å². The van der Waals surface area contributed by atoms with Gasteiger partial charge in [-0.3, -0.25) is 0 Å². The number of rotatable bonds is 6. The normalized spacial score (nSPS) is 10.9. The van der Waals surface area contributed by atoms with Crippen molar-refractivity contribution in [1.82, 2.24) is 4.31 Å². The van der Waals surface area contributed by atoms with Crippen LogP contribution in [0, 0.1) is 22.7 Å². The molecule has 0 spiro atoms. The van der Waals surface area contributed by atoms with Crippen molar-refractivity contribution in [2.24, 2.45) is 0 Å². The van der Waals surface area contributed by atoms with Gasteiger partial charge in [0, 0.05) is 19.5 Å². The van der Waals surface area contributed by atoms with E-state index in [-0.39, 0.29) is 17.9 Å². The number of sulfonamides is 1. The highest BCUT2D eigenvalue weighted by Gasteiger charge is 2.23. The monoisotopic (exact) mass is 277 g/mol. The molecule has 0 fully saturated rings. The van der Waals surface area contributed by atoms with E-state index in [2.05, 4.69) is 0 Å². The minimum absolute atomic E-state index is 0.0953. The Morgan fingerprint density at radius 3 is 2.58 bits per heavy atom. The average molecular weight is 277 g/mol. The van der Waals surface area contributed by atoms with E-state index in [1.165, 1.54) is 16.4 Å². The minimum Gasteiger partial charge on any atom is -0.207 e. The molecule has 0 aromatic heterocycles. The Labute approximate surface area is 113 Å². The van der Waals surface area contributed by atoms with Gasteiger partial charge >= 0.3 is 0 Å². The minimum atomic E-state index is -3.64. The predicted octanol–water partition coefficient (Wildman–Crippen LogP) is 1.87. The number of hydrogen-bond acceptors (Lipinski definition) is 4. The molecule has 0 unspecified atom stereocenters. The zero-order valence-electron chi connectivity index (χ0n) is 10.7. The SMILES string of the molecule is CCCN(CCC#N)S(=O)(=O)c1cccc(C#N)c1. The van der Waals surface area contributed by atoms with Crippen molar-refractivity contribution >= 4 is 10.0 Å². The summed E-state index contributed by atoms with van der Waals surface area (Å²) < 4.78 is 26.1. The van der Waals surface area contributed by atoms with E-state index < -0.39 is 10.0 Å². The maximum Gasteiger partial charge on any atom is 0.243 e. The maximum atomic E-state index is 12.4. The third-order valence-electron chi connectivity index (χ3n) is 2.55. The Morgan fingerprint density at radius 1 is 1.26 bits per heavy atom. The summed E-state index contributed by atoms with van der Waals surface area (Å²) in [6.45, 7) is 2.41. The molecule has 1 aromatic carbocycles. The van der Waals surface area contributed by atoms with E-state index >= 15 is 0 Å². The van der Waals surface area contributed by atoms with Crippen LogP contribution in [0.3, 0.4) is 0 Å². The first-order valence-corrected chi connectivity index (χ1v) is 7.37.